The van der Waals surface area contributed by atoms with E-state index in [1.54, 1.807) is 0 Å². The second kappa shape index (κ2) is 8.83. The summed E-state index contributed by atoms with van der Waals surface area (Å²) in [6.07, 6.45) is -1.83. The van der Waals surface area contributed by atoms with Crippen LogP contribution in [-0.4, -0.2) is 22.2 Å². The van der Waals surface area contributed by atoms with Crippen molar-refractivity contribution in [3.05, 3.63) is 0 Å². The first-order valence-corrected chi connectivity index (χ1v) is 2.62. The van der Waals surface area contributed by atoms with Crippen LogP contribution in [-0.2, 0) is 0 Å². The summed E-state index contributed by atoms with van der Waals surface area (Å²) in [6.45, 7) is 0. The molecule has 0 bridgehead atoms. The molecule has 0 atom stereocenters. The Morgan fingerprint density at radius 3 is 1.50 bits per heavy atom. The van der Waals surface area contributed by atoms with Crippen molar-refractivity contribution in [2.45, 2.75) is 0 Å². The van der Waals surface area contributed by atoms with Crippen molar-refractivity contribution < 1.29 is 15.0 Å². The molecule has 0 amide bonds. The largest absolute Gasteiger partial charge is 0.503 e. The lowest BCUT2D eigenvalue weighted by Crippen LogP contribution is -1.81. The fraction of sp³-hybridized carbons (Fsp3) is 0.500. The Hall–Kier alpha value is -0.250. The number of alkyl halides is 1. The molecule has 0 aromatic rings. The van der Waals surface area contributed by atoms with Gasteiger partial charge in [-0.15, -0.1) is 0 Å². The van der Waals surface area contributed by atoms with Gasteiger partial charge in [-0.3, -0.25) is 0 Å². The molecule has 0 spiro atoms. The highest BCUT2D eigenvalue weighted by Gasteiger charge is 1.70. The highest BCUT2D eigenvalue weighted by Crippen LogP contribution is 1.45. The molecule has 0 rings (SSSR count). The van der Waals surface area contributed by atoms with E-state index >= 15 is 0 Å². The lowest BCUT2D eigenvalue weighted by Gasteiger charge is -1.60. The molecule has 0 radical (unpaired) electrons. The van der Waals surface area contributed by atoms with Gasteiger partial charge in [0.2, 0.25) is 0 Å². The predicted molar refractivity (Wildman–Crippen MR) is 25.5 cm³/mol. The fourth-order valence-corrected chi connectivity index (χ4v) is 0. The SMILES string of the molecule is CBr.O=C(O)O. The van der Waals surface area contributed by atoms with Gasteiger partial charge in [0, 0.05) is 0 Å². The van der Waals surface area contributed by atoms with Crippen molar-refractivity contribution >= 4 is 22.1 Å². The van der Waals surface area contributed by atoms with Crippen molar-refractivity contribution in [3.63, 3.8) is 0 Å². The van der Waals surface area contributed by atoms with Crippen LogP contribution in [0.5, 0.6) is 0 Å². The van der Waals surface area contributed by atoms with Crippen LogP contribution >= 0.6 is 15.9 Å². The van der Waals surface area contributed by atoms with Crippen molar-refractivity contribution in [3.8, 4) is 0 Å². The normalized spacial score (nSPS) is 5.00. The smallest absolute Gasteiger partial charge is 0.450 e. The van der Waals surface area contributed by atoms with Crippen LogP contribution in [0, 0.1) is 0 Å². The van der Waals surface area contributed by atoms with E-state index in [9.17, 15) is 0 Å². The zero-order chi connectivity index (χ0) is 5.58. The van der Waals surface area contributed by atoms with Gasteiger partial charge in [-0.05, 0) is 5.83 Å². The quantitative estimate of drug-likeness (QED) is 0.520. The van der Waals surface area contributed by atoms with Crippen LogP contribution in [0.3, 0.4) is 0 Å². The van der Waals surface area contributed by atoms with Gasteiger partial charge in [-0.25, -0.2) is 4.79 Å². The van der Waals surface area contributed by atoms with Crippen molar-refractivity contribution in [2.24, 2.45) is 0 Å². The van der Waals surface area contributed by atoms with Crippen molar-refractivity contribution in [2.75, 3.05) is 5.83 Å². The Morgan fingerprint density at radius 1 is 1.50 bits per heavy atom. The Morgan fingerprint density at radius 2 is 1.50 bits per heavy atom. The summed E-state index contributed by atoms with van der Waals surface area (Å²) in [6, 6.07) is 0. The Balaban J connectivity index is 0. The second-order valence-corrected chi connectivity index (χ2v) is 0.283. The summed E-state index contributed by atoms with van der Waals surface area (Å²) in [5.41, 5.74) is 0. The van der Waals surface area contributed by atoms with Gasteiger partial charge in [0.1, 0.15) is 0 Å². The third-order valence-electron chi connectivity index (χ3n) is 0. The van der Waals surface area contributed by atoms with Crippen LogP contribution in [0.4, 0.5) is 4.79 Å². The monoisotopic (exact) mass is 156 g/mol. The zero-order valence-corrected chi connectivity index (χ0v) is 4.77. The van der Waals surface area contributed by atoms with Gasteiger partial charge in [0.05, 0.1) is 0 Å². The van der Waals surface area contributed by atoms with Gasteiger partial charge in [-0.1, -0.05) is 15.9 Å². The molecule has 2 N–H and O–H groups in total. The first kappa shape index (κ1) is 9.23. The molecule has 0 aromatic carbocycles. The minimum absolute atomic E-state index is 1.81. The Labute approximate surface area is 43.7 Å². The second-order valence-electron chi connectivity index (χ2n) is 0.283. The molecule has 0 saturated heterocycles. The molecule has 0 heterocycles. The number of carboxylic acid groups (broad SMARTS) is 2. The molecular weight excluding hydrogens is 152 g/mol. The Kier molecular flexibility index (Phi) is 13.6. The molecule has 0 aliphatic rings. The molecule has 0 unspecified atom stereocenters. The predicted octanol–water partition coefficient (Wildman–Crippen LogP) is 1.23. The van der Waals surface area contributed by atoms with Gasteiger partial charge in [-0.2, -0.15) is 0 Å². The van der Waals surface area contributed by atoms with Crippen molar-refractivity contribution in [1.82, 2.24) is 0 Å². The molecule has 0 aliphatic heterocycles. The summed E-state index contributed by atoms with van der Waals surface area (Å²) < 4.78 is 0. The van der Waals surface area contributed by atoms with Gasteiger partial charge in [0.15, 0.2) is 0 Å². The van der Waals surface area contributed by atoms with E-state index in [0.717, 1.165) is 0 Å². The molecule has 38 valence electrons. The number of rotatable bonds is 0. The standard InChI is InChI=1S/CH3Br.CH2O3/c1-2;2-1(3)4/h1H3;(H2,2,3,4). The third kappa shape index (κ3) is 454. The molecule has 4 heteroatoms. The number of carbonyl (C=O) groups is 1. The summed E-state index contributed by atoms with van der Waals surface area (Å²) >= 11 is 2.94. The molecule has 6 heavy (non-hydrogen) atoms. The number of halogens is 1. The van der Waals surface area contributed by atoms with Crippen LogP contribution in [0.2, 0.25) is 0 Å². The first-order chi connectivity index (χ1) is 2.73. The zero-order valence-electron chi connectivity index (χ0n) is 3.18. The van der Waals surface area contributed by atoms with Gasteiger partial charge in [0.25, 0.3) is 0 Å². The summed E-state index contributed by atoms with van der Waals surface area (Å²) in [5, 5.41) is 13.9. The van der Waals surface area contributed by atoms with E-state index in [1.165, 1.54) is 0 Å². The highest BCUT2D eigenvalue weighted by atomic mass is 79.9. The number of hydrogen-bond acceptors (Lipinski definition) is 1. The van der Waals surface area contributed by atoms with Gasteiger partial charge >= 0.3 is 6.16 Å². The van der Waals surface area contributed by atoms with E-state index in [2.05, 4.69) is 15.9 Å². The average Bonchev–Trinajstić information content (AvgIpc) is 1.41. The van der Waals surface area contributed by atoms with E-state index in [1.807, 2.05) is 5.83 Å². The minimum Gasteiger partial charge on any atom is -0.450 e. The lowest BCUT2D eigenvalue weighted by atomic mass is 11.5. The molecule has 0 saturated carbocycles. The summed E-state index contributed by atoms with van der Waals surface area (Å²) in [7, 11) is 0. The maximum Gasteiger partial charge on any atom is 0.503 e. The van der Waals surface area contributed by atoms with Crippen LogP contribution in [0.15, 0.2) is 0 Å². The lowest BCUT2D eigenvalue weighted by molar-refractivity contribution is 0.137. The Bertz CT molecular complexity index is 31.8. The maximum absolute atomic E-state index is 8.56. The van der Waals surface area contributed by atoms with E-state index in [-0.39, 0.29) is 0 Å². The molecule has 0 fully saturated rings. The molecule has 0 aliphatic carbocycles. The average molecular weight is 157 g/mol. The first-order valence-electron chi connectivity index (χ1n) is 1.03. The topological polar surface area (TPSA) is 57.5 Å². The van der Waals surface area contributed by atoms with Crippen molar-refractivity contribution in [1.29, 1.82) is 0 Å². The fourth-order valence-electron chi connectivity index (χ4n) is 0. The van der Waals surface area contributed by atoms with Crippen LogP contribution in [0.25, 0.3) is 0 Å². The number of hydrogen-bond donors (Lipinski definition) is 2. The van der Waals surface area contributed by atoms with Gasteiger partial charge < -0.3 is 10.2 Å². The van der Waals surface area contributed by atoms with E-state index in [0.29, 0.717) is 0 Å². The van der Waals surface area contributed by atoms with E-state index < -0.39 is 6.16 Å². The molecule has 0 aromatic heterocycles. The van der Waals surface area contributed by atoms with Crippen LogP contribution < -0.4 is 0 Å². The minimum atomic E-state index is -1.83. The summed E-state index contributed by atoms with van der Waals surface area (Å²) in [4.78, 5) is 8.56. The maximum atomic E-state index is 8.56. The van der Waals surface area contributed by atoms with E-state index in [4.69, 9.17) is 15.0 Å². The summed E-state index contributed by atoms with van der Waals surface area (Å²) in [5.74, 6) is 1.81. The highest BCUT2D eigenvalue weighted by molar-refractivity contribution is 9.08. The molecular formula is C2H5BrO3. The third-order valence-corrected chi connectivity index (χ3v) is 0. The molecule has 3 nitrogen and oxygen atoms in total. The van der Waals surface area contributed by atoms with Crippen LogP contribution in [0.1, 0.15) is 0 Å².